The molecule has 3 aromatic carbocycles. The third kappa shape index (κ3) is 13.2. The first-order valence-corrected chi connectivity index (χ1v) is 17.4. The van der Waals surface area contributed by atoms with E-state index in [2.05, 4.69) is 12.2 Å². The molecule has 0 spiro atoms. The fourth-order valence-electron chi connectivity index (χ4n) is 5.40. The molecule has 8 nitrogen and oxygen atoms in total. The van der Waals surface area contributed by atoms with Crippen molar-refractivity contribution in [3.8, 4) is 17.6 Å². The molecule has 256 valence electrons. The van der Waals surface area contributed by atoms with Crippen LogP contribution in [0.1, 0.15) is 123 Å². The zero-order valence-electron chi connectivity index (χ0n) is 28.5. The molecule has 1 atom stereocenters. The van der Waals surface area contributed by atoms with Gasteiger partial charge in [-0.25, -0.2) is 4.79 Å². The maximum Gasteiger partial charge on any atom is 0.338 e. The Hall–Kier alpha value is -4.64. The minimum atomic E-state index is -1.55. The fraction of sp³-hybridized carbons (Fsp3) is 0.450. The van der Waals surface area contributed by atoms with Gasteiger partial charge in [0, 0.05) is 5.56 Å². The van der Waals surface area contributed by atoms with Gasteiger partial charge in [0.1, 0.15) is 11.5 Å². The number of methoxy groups -OCH3 is 1. The molecule has 0 aromatic heterocycles. The molecule has 0 saturated heterocycles. The first kappa shape index (κ1) is 37.8. The average molecular weight is 655 g/mol. The Kier molecular flexibility index (Phi) is 17.4. The standard InChI is InChI=1S/C40H50N2O6/c1-3-4-5-6-7-8-9-10-11-12-13-14-15-19-28-47-40(45)33-24-27-36(46-2)35(29-33)42-39(44)38(37(43)32-20-17-16-18-21-32)48-34-25-22-31(30-41)23-26-34/h16-18,20-27,29,38H,3-15,19,28H2,1-2H3,(H,42,44). The van der Waals surface area contributed by atoms with E-state index in [0.717, 1.165) is 19.3 Å². The SMILES string of the molecule is CCCCCCCCCCCCCCCCOC(=O)c1ccc(OC)c(NC(=O)C(Oc2ccc(C#N)cc2)C(=O)c2ccccc2)c1. The van der Waals surface area contributed by atoms with Crippen LogP contribution in [0.5, 0.6) is 11.5 Å². The van der Waals surface area contributed by atoms with Crippen LogP contribution in [0, 0.1) is 11.3 Å². The fourth-order valence-corrected chi connectivity index (χ4v) is 5.40. The summed E-state index contributed by atoms with van der Waals surface area (Å²) >= 11 is 0. The van der Waals surface area contributed by atoms with E-state index in [1.165, 1.54) is 108 Å². The molecule has 1 N–H and O–H groups in total. The number of ketones is 1. The Labute approximate surface area is 285 Å². The Morgan fingerprint density at radius 2 is 1.31 bits per heavy atom. The summed E-state index contributed by atoms with van der Waals surface area (Å²) in [5.41, 5.74) is 1.15. The molecule has 8 heteroatoms. The molecular formula is C40H50N2O6. The second kappa shape index (κ2) is 22.0. The van der Waals surface area contributed by atoms with E-state index in [4.69, 9.17) is 19.5 Å². The third-order valence-corrected chi connectivity index (χ3v) is 8.20. The van der Waals surface area contributed by atoms with Crippen molar-refractivity contribution in [1.82, 2.24) is 0 Å². The van der Waals surface area contributed by atoms with E-state index in [0.29, 0.717) is 23.5 Å². The van der Waals surface area contributed by atoms with Crippen molar-refractivity contribution in [1.29, 1.82) is 5.26 Å². The van der Waals surface area contributed by atoms with Gasteiger partial charge in [-0.2, -0.15) is 5.26 Å². The number of nitriles is 1. The maximum absolute atomic E-state index is 13.6. The molecule has 0 radical (unpaired) electrons. The van der Waals surface area contributed by atoms with Gasteiger partial charge in [0.05, 0.1) is 36.6 Å². The number of nitrogens with zero attached hydrogens (tertiary/aromatic N) is 1. The lowest BCUT2D eigenvalue weighted by molar-refractivity contribution is -0.120. The molecule has 3 rings (SSSR count). The van der Waals surface area contributed by atoms with Crippen molar-refractivity contribution < 1.29 is 28.6 Å². The van der Waals surface area contributed by atoms with Gasteiger partial charge in [0.15, 0.2) is 0 Å². The predicted octanol–water partition coefficient (Wildman–Crippen LogP) is 9.47. The normalized spacial score (nSPS) is 11.3. The topological polar surface area (TPSA) is 115 Å². The molecule has 0 aliphatic rings. The van der Waals surface area contributed by atoms with Crippen LogP contribution in [0.4, 0.5) is 5.69 Å². The minimum Gasteiger partial charge on any atom is -0.495 e. The number of hydrogen-bond acceptors (Lipinski definition) is 7. The van der Waals surface area contributed by atoms with Crippen LogP contribution in [0.25, 0.3) is 0 Å². The smallest absolute Gasteiger partial charge is 0.338 e. The molecule has 1 unspecified atom stereocenters. The van der Waals surface area contributed by atoms with Gasteiger partial charge in [-0.3, -0.25) is 9.59 Å². The van der Waals surface area contributed by atoms with Crippen LogP contribution < -0.4 is 14.8 Å². The van der Waals surface area contributed by atoms with Gasteiger partial charge in [-0.05, 0) is 48.9 Å². The molecule has 0 bridgehead atoms. The van der Waals surface area contributed by atoms with Gasteiger partial charge in [-0.1, -0.05) is 121 Å². The largest absolute Gasteiger partial charge is 0.495 e. The molecule has 48 heavy (non-hydrogen) atoms. The molecule has 0 saturated carbocycles. The number of unbranched alkanes of at least 4 members (excludes halogenated alkanes) is 13. The van der Waals surface area contributed by atoms with E-state index in [9.17, 15) is 14.4 Å². The lowest BCUT2D eigenvalue weighted by Crippen LogP contribution is -2.40. The summed E-state index contributed by atoms with van der Waals surface area (Å²) in [6, 6.07) is 21.1. The van der Waals surface area contributed by atoms with Crippen molar-refractivity contribution in [3.63, 3.8) is 0 Å². The number of esters is 1. The number of anilines is 1. The number of carbonyl (C=O) groups is 3. The van der Waals surface area contributed by atoms with E-state index in [1.807, 2.05) is 6.07 Å². The van der Waals surface area contributed by atoms with E-state index < -0.39 is 23.8 Å². The Bertz CT molecular complexity index is 1450. The second-order valence-corrected chi connectivity index (χ2v) is 12.0. The highest BCUT2D eigenvalue weighted by Gasteiger charge is 2.31. The summed E-state index contributed by atoms with van der Waals surface area (Å²) < 4.78 is 16.8. The van der Waals surface area contributed by atoms with Crippen molar-refractivity contribution in [3.05, 3.63) is 89.5 Å². The van der Waals surface area contributed by atoms with E-state index >= 15 is 0 Å². The highest BCUT2D eigenvalue weighted by Crippen LogP contribution is 2.27. The van der Waals surface area contributed by atoms with Crippen molar-refractivity contribution >= 4 is 23.3 Å². The van der Waals surface area contributed by atoms with Crippen LogP contribution in [-0.2, 0) is 9.53 Å². The van der Waals surface area contributed by atoms with Crippen LogP contribution in [0.15, 0.2) is 72.8 Å². The summed E-state index contributed by atoms with van der Waals surface area (Å²) in [7, 11) is 1.44. The Morgan fingerprint density at radius 1 is 0.729 bits per heavy atom. The second-order valence-electron chi connectivity index (χ2n) is 12.0. The van der Waals surface area contributed by atoms with Crippen LogP contribution >= 0.6 is 0 Å². The van der Waals surface area contributed by atoms with Gasteiger partial charge < -0.3 is 19.5 Å². The zero-order valence-corrected chi connectivity index (χ0v) is 28.5. The number of Topliss-reactive ketones (excluding diaryl/α,β-unsaturated/α-hetero) is 1. The number of hydrogen-bond donors (Lipinski definition) is 1. The number of nitrogens with one attached hydrogen (secondary N) is 1. The van der Waals surface area contributed by atoms with Crippen molar-refractivity contribution in [2.24, 2.45) is 0 Å². The number of carbonyl (C=O) groups excluding carboxylic acids is 3. The summed E-state index contributed by atoms with van der Waals surface area (Å²) in [5, 5.41) is 11.8. The quantitative estimate of drug-likeness (QED) is 0.0469. The van der Waals surface area contributed by atoms with Crippen LogP contribution in [-0.4, -0.2) is 37.5 Å². The van der Waals surface area contributed by atoms with Crippen molar-refractivity contribution in [2.75, 3.05) is 19.0 Å². The van der Waals surface area contributed by atoms with Gasteiger partial charge >= 0.3 is 5.97 Å². The minimum absolute atomic E-state index is 0.197. The Morgan fingerprint density at radius 3 is 1.88 bits per heavy atom. The average Bonchev–Trinajstić information content (AvgIpc) is 3.12. The van der Waals surface area contributed by atoms with Gasteiger partial charge in [0.25, 0.3) is 5.91 Å². The number of benzene rings is 3. The summed E-state index contributed by atoms with van der Waals surface area (Å²) in [6.45, 7) is 2.57. The molecule has 3 aromatic rings. The van der Waals surface area contributed by atoms with Gasteiger partial charge in [0.2, 0.25) is 11.9 Å². The predicted molar refractivity (Wildman–Crippen MR) is 189 cm³/mol. The lowest BCUT2D eigenvalue weighted by Gasteiger charge is -2.19. The molecular weight excluding hydrogens is 604 g/mol. The summed E-state index contributed by atoms with van der Waals surface area (Å²) in [6.07, 6.45) is 15.9. The molecule has 1 amide bonds. The number of amides is 1. The third-order valence-electron chi connectivity index (χ3n) is 8.20. The van der Waals surface area contributed by atoms with Gasteiger partial charge in [-0.15, -0.1) is 0 Å². The highest BCUT2D eigenvalue weighted by molar-refractivity contribution is 6.16. The monoisotopic (exact) mass is 654 g/mol. The maximum atomic E-state index is 13.6. The molecule has 0 fully saturated rings. The molecule has 0 aliphatic heterocycles. The van der Waals surface area contributed by atoms with E-state index in [1.54, 1.807) is 42.5 Å². The highest BCUT2D eigenvalue weighted by atomic mass is 16.5. The molecule has 0 heterocycles. The zero-order chi connectivity index (χ0) is 34.4. The van der Waals surface area contributed by atoms with Crippen LogP contribution in [0.3, 0.4) is 0 Å². The summed E-state index contributed by atoms with van der Waals surface area (Å²) in [4.78, 5) is 39.8. The summed E-state index contributed by atoms with van der Waals surface area (Å²) in [5.74, 6) is -1.27. The molecule has 0 aliphatic carbocycles. The first-order chi connectivity index (χ1) is 23.5. The number of ether oxygens (including phenoxy) is 3. The Balaban J connectivity index is 1.49. The van der Waals surface area contributed by atoms with Crippen molar-refractivity contribution in [2.45, 2.75) is 103 Å². The first-order valence-electron chi connectivity index (χ1n) is 17.4. The lowest BCUT2D eigenvalue weighted by atomic mass is 10.0. The van der Waals surface area contributed by atoms with E-state index in [-0.39, 0.29) is 17.0 Å². The van der Waals surface area contributed by atoms with Crippen LogP contribution in [0.2, 0.25) is 0 Å². The number of rotatable bonds is 23.